The molecule has 3 fully saturated rings. The van der Waals surface area contributed by atoms with E-state index in [1.54, 1.807) is 0 Å². The third-order valence-corrected chi connectivity index (χ3v) is 3.31. The molecule has 0 aromatic rings. The van der Waals surface area contributed by atoms with Crippen LogP contribution in [0.25, 0.3) is 0 Å². The average Bonchev–Trinajstić information content (AvgIpc) is 2.93. The van der Waals surface area contributed by atoms with Crippen molar-refractivity contribution in [1.29, 1.82) is 0 Å². The van der Waals surface area contributed by atoms with Crippen LogP contribution in [-0.2, 0) is 18.9 Å². The van der Waals surface area contributed by atoms with Crippen molar-refractivity contribution >= 4 is 0 Å². The van der Waals surface area contributed by atoms with Crippen molar-refractivity contribution in [3.05, 3.63) is 0 Å². The Kier molecular flexibility index (Phi) is 2.68. The Hall–Kier alpha value is -0.160. The number of ether oxygens (including phenoxy) is 4. The molecule has 5 atom stereocenters. The van der Waals surface area contributed by atoms with Gasteiger partial charge in [0.05, 0.1) is 6.61 Å². The molecule has 0 aromatic carbocycles. The summed E-state index contributed by atoms with van der Waals surface area (Å²) in [7, 11) is 0. The SMILES string of the molecule is CCCCCO[C@H]1[C@@H]2O[C@@H]2[C@@H]2OC[C@H]1O2. The van der Waals surface area contributed by atoms with Crippen LogP contribution in [0, 0.1) is 0 Å². The summed E-state index contributed by atoms with van der Waals surface area (Å²) >= 11 is 0. The van der Waals surface area contributed by atoms with E-state index in [9.17, 15) is 0 Å². The standard InChI is InChI=1S/C11H18O4/c1-2-3-4-5-12-8-7-6-13-11(14-7)10-9(8)15-10/h7-11H,2-6H2,1H3/t7-,8-,9+,10+,11-/m1/s1. The number of rotatable bonds is 5. The largest absolute Gasteiger partial charge is 0.373 e. The Morgan fingerprint density at radius 2 is 2.13 bits per heavy atom. The number of hydrogen-bond acceptors (Lipinski definition) is 4. The van der Waals surface area contributed by atoms with E-state index in [2.05, 4.69) is 6.92 Å². The highest BCUT2D eigenvalue weighted by Crippen LogP contribution is 2.42. The first-order chi connectivity index (χ1) is 7.40. The van der Waals surface area contributed by atoms with Crippen LogP contribution in [0.5, 0.6) is 0 Å². The van der Waals surface area contributed by atoms with E-state index in [0.717, 1.165) is 13.0 Å². The number of fused-ring (bicyclic) bond motifs is 4. The van der Waals surface area contributed by atoms with E-state index in [1.807, 2.05) is 0 Å². The van der Waals surface area contributed by atoms with E-state index in [-0.39, 0.29) is 30.7 Å². The third-order valence-electron chi connectivity index (χ3n) is 3.31. The highest BCUT2D eigenvalue weighted by atomic mass is 16.8. The first-order valence-electron chi connectivity index (χ1n) is 5.94. The summed E-state index contributed by atoms with van der Waals surface area (Å²) in [5.74, 6) is 0. The van der Waals surface area contributed by atoms with Crippen LogP contribution >= 0.6 is 0 Å². The fourth-order valence-electron chi connectivity index (χ4n) is 2.39. The minimum Gasteiger partial charge on any atom is -0.373 e. The summed E-state index contributed by atoms with van der Waals surface area (Å²) in [5.41, 5.74) is 0. The van der Waals surface area contributed by atoms with Gasteiger partial charge in [-0.1, -0.05) is 19.8 Å². The third kappa shape index (κ3) is 1.80. The van der Waals surface area contributed by atoms with Crippen molar-refractivity contribution in [3.63, 3.8) is 0 Å². The number of epoxide rings is 1. The minimum absolute atomic E-state index is 0.0976. The first-order valence-corrected chi connectivity index (χ1v) is 5.94. The Bertz CT molecular complexity index is 233. The molecule has 0 saturated carbocycles. The van der Waals surface area contributed by atoms with E-state index in [0.29, 0.717) is 6.61 Å². The maximum atomic E-state index is 5.84. The molecule has 3 rings (SSSR count). The highest BCUT2D eigenvalue weighted by Gasteiger charge is 2.62. The van der Waals surface area contributed by atoms with Gasteiger partial charge >= 0.3 is 0 Å². The topological polar surface area (TPSA) is 40.2 Å². The molecule has 0 aliphatic carbocycles. The van der Waals surface area contributed by atoms with Gasteiger partial charge in [0.1, 0.15) is 24.4 Å². The Morgan fingerprint density at radius 1 is 1.20 bits per heavy atom. The van der Waals surface area contributed by atoms with E-state index in [1.165, 1.54) is 12.8 Å². The maximum Gasteiger partial charge on any atom is 0.187 e. The lowest BCUT2D eigenvalue weighted by Crippen LogP contribution is -2.42. The second-order valence-electron chi connectivity index (χ2n) is 4.48. The smallest absolute Gasteiger partial charge is 0.187 e. The zero-order valence-corrected chi connectivity index (χ0v) is 9.06. The van der Waals surface area contributed by atoms with Crippen molar-refractivity contribution in [2.75, 3.05) is 13.2 Å². The van der Waals surface area contributed by atoms with Crippen molar-refractivity contribution in [2.24, 2.45) is 0 Å². The summed E-state index contributed by atoms with van der Waals surface area (Å²) < 4.78 is 22.5. The molecule has 0 N–H and O–H groups in total. The summed E-state index contributed by atoms with van der Waals surface area (Å²) in [5, 5.41) is 0. The molecule has 0 unspecified atom stereocenters. The van der Waals surface area contributed by atoms with Gasteiger partial charge in [0.15, 0.2) is 6.29 Å². The second kappa shape index (κ2) is 4.01. The van der Waals surface area contributed by atoms with Crippen LogP contribution in [0.4, 0.5) is 0 Å². The number of unbranched alkanes of at least 4 members (excludes halogenated alkanes) is 2. The van der Waals surface area contributed by atoms with Crippen molar-refractivity contribution in [1.82, 2.24) is 0 Å². The van der Waals surface area contributed by atoms with Gasteiger partial charge in [-0.3, -0.25) is 0 Å². The van der Waals surface area contributed by atoms with Crippen LogP contribution in [0.3, 0.4) is 0 Å². The zero-order chi connectivity index (χ0) is 10.3. The molecule has 3 aliphatic rings. The van der Waals surface area contributed by atoms with Crippen LogP contribution in [0.2, 0.25) is 0 Å². The lowest BCUT2D eigenvalue weighted by atomic mass is 10.1. The lowest BCUT2D eigenvalue weighted by molar-refractivity contribution is -0.118. The molecule has 3 aliphatic heterocycles. The van der Waals surface area contributed by atoms with Crippen LogP contribution in [-0.4, -0.2) is 43.9 Å². The zero-order valence-electron chi connectivity index (χ0n) is 9.06. The molecular formula is C11H18O4. The molecule has 4 nitrogen and oxygen atoms in total. The second-order valence-corrected chi connectivity index (χ2v) is 4.48. The predicted octanol–water partition coefficient (Wildman–Crippen LogP) is 1.08. The minimum atomic E-state index is -0.115. The maximum absolute atomic E-state index is 5.84. The molecular weight excluding hydrogens is 196 g/mol. The molecule has 0 amide bonds. The van der Waals surface area contributed by atoms with Gasteiger partial charge in [-0.25, -0.2) is 0 Å². The molecule has 3 saturated heterocycles. The van der Waals surface area contributed by atoms with Gasteiger partial charge < -0.3 is 18.9 Å². The molecule has 3 heterocycles. The molecule has 15 heavy (non-hydrogen) atoms. The van der Waals surface area contributed by atoms with E-state index >= 15 is 0 Å². The normalized spacial score (nSPS) is 46.6. The Balaban J connectivity index is 1.49. The summed E-state index contributed by atoms with van der Waals surface area (Å²) in [4.78, 5) is 0. The van der Waals surface area contributed by atoms with Gasteiger partial charge in [-0.05, 0) is 6.42 Å². The number of hydrogen-bond donors (Lipinski definition) is 0. The quantitative estimate of drug-likeness (QED) is 0.507. The van der Waals surface area contributed by atoms with Crippen LogP contribution in [0.1, 0.15) is 26.2 Å². The molecule has 0 radical (unpaired) electrons. The first kappa shape index (κ1) is 10.0. The van der Waals surface area contributed by atoms with Crippen LogP contribution < -0.4 is 0 Å². The molecule has 4 heteroatoms. The molecule has 0 aromatic heterocycles. The van der Waals surface area contributed by atoms with Gasteiger partial charge in [-0.2, -0.15) is 0 Å². The van der Waals surface area contributed by atoms with Crippen molar-refractivity contribution in [2.45, 2.75) is 56.9 Å². The lowest BCUT2D eigenvalue weighted by Gasteiger charge is -2.24. The average molecular weight is 214 g/mol. The summed E-state index contributed by atoms with van der Waals surface area (Å²) in [6.07, 6.45) is 4.04. The van der Waals surface area contributed by atoms with Gasteiger partial charge in [0.2, 0.25) is 0 Å². The van der Waals surface area contributed by atoms with Gasteiger partial charge in [-0.15, -0.1) is 0 Å². The summed E-state index contributed by atoms with van der Waals surface area (Å²) in [6, 6.07) is 0. The molecule has 86 valence electrons. The summed E-state index contributed by atoms with van der Waals surface area (Å²) in [6.45, 7) is 3.67. The molecule has 0 spiro atoms. The van der Waals surface area contributed by atoms with E-state index in [4.69, 9.17) is 18.9 Å². The fourth-order valence-corrected chi connectivity index (χ4v) is 2.39. The van der Waals surface area contributed by atoms with E-state index < -0.39 is 0 Å². The monoisotopic (exact) mass is 214 g/mol. The van der Waals surface area contributed by atoms with Crippen molar-refractivity contribution in [3.8, 4) is 0 Å². The Labute approximate surface area is 89.8 Å². The predicted molar refractivity (Wildman–Crippen MR) is 52.5 cm³/mol. The van der Waals surface area contributed by atoms with Gasteiger partial charge in [0.25, 0.3) is 0 Å². The molecule has 2 bridgehead atoms. The van der Waals surface area contributed by atoms with Crippen LogP contribution in [0.15, 0.2) is 0 Å². The Morgan fingerprint density at radius 3 is 3.00 bits per heavy atom. The highest BCUT2D eigenvalue weighted by molar-refractivity contribution is 5.04. The van der Waals surface area contributed by atoms with Crippen molar-refractivity contribution < 1.29 is 18.9 Å². The fraction of sp³-hybridized carbons (Fsp3) is 1.00. The van der Waals surface area contributed by atoms with Gasteiger partial charge in [0, 0.05) is 6.61 Å².